The molecule has 0 bridgehead atoms. The average molecular weight is 320 g/mol. The van der Waals surface area contributed by atoms with E-state index < -0.39 is 22.1 Å². The number of hydrogen-bond donors (Lipinski definition) is 2. The summed E-state index contributed by atoms with van der Waals surface area (Å²) < 4.78 is 13.2. The molecule has 0 aromatic heterocycles. The van der Waals surface area contributed by atoms with Crippen LogP contribution in [0.3, 0.4) is 0 Å². The molecular weight excluding hydrogens is 303 g/mol. The first-order valence-electron chi connectivity index (χ1n) is 6.95. The zero-order valence-electron chi connectivity index (χ0n) is 11.9. The maximum atomic E-state index is 13.2. The topological polar surface area (TPSA) is 66.6 Å². The van der Waals surface area contributed by atoms with Gasteiger partial charge in [-0.1, -0.05) is 18.2 Å². The molecule has 2 amide bonds. The molecule has 4 nitrogen and oxygen atoms in total. The van der Waals surface area contributed by atoms with Gasteiger partial charge >= 0.3 is 6.03 Å². The van der Waals surface area contributed by atoms with Gasteiger partial charge in [-0.3, -0.25) is 5.21 Å². The smallest absolute Gasteiger partial charge is 0.339 e. The lowest BCUT2D eigenvalue weighted by atomic mass is 10.2. The number of carbonyl (C=O) groups is 1. The minimum absolute atomic E-state index is 0.266. The number of allylic oxidation sites excluding steroid dienone is 3. The Morgan fingerprint density at radius 1 is 1.27 bits per heavy atom. The number of nitrogens with two attached hydrogens (primary N) is 1. The van der Waals surface area contributed by atoms with E-state index in [1.54, 1.807) is 12.1 Å². The number of primary amides is 1. The fraction of sp³-hybridized carbons (Fsp3) is 0.188. The molecule has 6 heteroatoms. The molecule has 0 spiro atoms. The third-order valence-electron chi connectivity index (χ3n) is 3.94. The quantitative estimate of drug-likeness (QED) is 0.656. The van der Waals surface area contributed by atoms with Crippen molar-refractivity contribution in [3.8, 4) is 0 Å². The van der Waals surface area contributed by atoms with Crippen LogP contribution in [0.15, 0.2) is 63.1 Å². The molecule has 1 aliphatic heterocycles. The summed E-state index contributed by atoms with van der Waals surface area (Å²) >= 11 is 0. The largest absolute Gasteiger partial charge is 0.350 e. The molecule has 0 saturated carbocycles. The Morgan fingerprint density at radius 3 is 2.50 bits per heavy atom. The molecule has 0 fully saturated rings. The second-order valence-corrected chi connectivity index (χ2v) is 8.20. The number of carbonyl (C=O) groups excluding carboxylic acids is 1. The van der Waals surface area contributed by atoms with Crippen LogP contribution in [0.25, 0.3) is 0 Å². The third kappa shape index (κ3) is 2.44. The van der Waals surface area contributed by atoms with E-state index >= 15 is 0 Å². The van der Waals surface area contributed by atoms with E-state index in [1.807, 2.05) is 18.2 Å². The summed E-state index contributed by atoms with van der Waals surface area (Å²) in [5.74, 6) is -0.266. The highest BCUT2D eigenvalue weighted by molar-refractivity contribution is 8.41. The fourth-order valence-corrected chi connectivity index (χ4v) is 5.99. The molecule has 0 radical (unpaired) electrons. The molecule has 3 N–H and O–H groups in total. The maximum absolute atomic E-state index is 13.2. The van der Waals surface area contributed by atoms with Crippen molar-refractivity contribution >= 4 is 16.1 Å². The van der Waals surface area contributed by atoms with Gasteiger partial charge in [0.1, 0.15) is 5.82 Å². The van der Waals surface area contributed by atoms with Crippen molar-refractivity contribution in [2.75, 3.05) is 0 Å². The minimum Gasteiger partial charge on any atom is -0.350 e. The lowest BCUT2D eigenvalue weighted by Gasteiger charge is -2.34. The van der Waals surface area contributed by atoms with Gasteiger partial charge in [-0.2, -0.15) is 15.1 Å². The number of amides is 2. The van der Waals surface area contributed by atoms with Gasteiger partial charge in [-0.05, 0) is 52.8 Å². The highest BCUT2D eigenvalue weighted by Gasteiger charge is 2.33. The van der Waals surface area contributed by atoms with Crippen molar-refractivity contribution in [2.24, 2.45) is 5.73 Å². The van der Waals surface area contributed by atoms with E-state index in [9.17, 15) is 14.4 Å². The van der Waals surface area contributed by atoms with Crippen LogP contribution in [0.4, 0.5) is 9.18 Å². The minimum atomic E-state index is -1.48. The van der Waals surface area contributed by atoms with Crippen LogP contribution in [-0.4, -0.2) is 22.3 Å². The summed E-state index contributed by atoms with van der Waals surface area (Å²) in [4.78, 5) is 13.3. The monoisotopic (exact) mass is 320 g/mol. The van der Waals surface area contributed by atoms with Crippen molar-refractivity contribution in [3.05, 3.63) is 64.0 Å². The number of urea groups is 1. The molecular formula is C16H17FN2O2S. The number of hydroxylamine groups is 2. The van der Waals surface area contributed by atoms with Crippen LogP contribution < -0.4 is 5.73 Å². The third-order valence-corrected chi connectivity index (χ3v) is 7.37. The first-order valence-corrected chi connectivity index (χ1v) is 8.71. The molecule has 1 atom stereocenters. The second-order valence-electron chi connectivity index (χ2n) is 5.24. The predicted octanol–water partition coefficient (Wildman–Crippen LogP) is 3.85. The highest BCUT2D eigenvalue weighted by Crippen LogP contribution is 2.68. The van der Waals surface area contributed by atoms with Gasteiger partial charge in [0, 0.05) is 4.90 Å². The first kappa shape index (κ1) is 14.9. The Kier molecular flexibility index (Phi) is 3.80. The molecule has 2 aliphatic rings. The molecule has 1 aromatic carbocycles. The van der Waals surface area contributed by atoms with Crippen molar-refractivity contribution in [3.63, 3.8) is 0 Å². The van der Waals surface area contributed by atoms with E-state index in [-0.39, 0.29) is 5.82 Å². The lowest BCUT2D eigenvalue weighted by Crippen LogP contribution is -2.39. The van der Waals surface area contributed by atoms with E-state index in [0.29, 0.717) is 11.5 Å². The van der Waals surface area contributed by atoms with Gasteiger partial charge in [0.25, 0.3) is 0 Å². The Labute approximate surface area is 129 Å². The van der Waals surface area contributed by atoms with Gasteiger partial charge in [-0.25, -0.2) is 9.18 Å². The Balaban J connectivity index is 1.98. The summed E-state index contributed by atoms with van der Waals surface area (Å²) in [6, 6.07) is 5.25. The van der Waals surface area contributed by atoms with Crippen molar-refractivity contribution in [1.82, 2.24) is 5.06 Å². The molecule has 1 aromatic rings. The summed E-state index contributed by atoms with van der Waals surface area (Å²) in [6.07, 6.45) is 7.27. The average Bonchev–Trinajstić information content (AvgIpc) is 3.17. The van der Waals surface area contributed by atoms with Gasteiger partial charge < -0.3 is 5.73 Å². The molecule has 1 aliphatic carbocycles. The molecule has 3 rings (SSSR count). The summed E-state index contributed by atoms with van der Waals surface area (Å²) in [7, 11) is -1.48. The van der Waals surface area contributed by atoms with E-state index in [1.165, 1.54) is 12.1 Å². The molecule has 0 saturated heterocycles. The standard InChI is InChI=1S/C16H17FN2O2S/c17-12-3-6-14(7-4-12)22(9-1-2-10-22)15-8-5-13(11-15)19(21)16(18)20/h1-4,6-7,9-11,13,21H,5,8H2,(H2,18,20). The summed E-state index contributed by atoms with van der Waals surface area (Å²) in [5.41, 5.74) is 5.12. The number of rotatable bonds is 3. The van der Waals surface area contributed by atoms with Gasteiger partial charge in [0.2, 0.25) is 0 Å². The molecule has 1 heterocycles. The molecule has 1 unspecified atom stereocenters. The number of halogens is 1. The number of benzene rings is 1. The summed E-state index contributed by atoms with van der Waals surface area (Å²) in [5, 5.41) is 14.5. The Hall–Kier alpha value is -2.05. The highest BCUT2D eigenvalue weighted by atomic mass is 32.3. The first-order chi connectivity index (χ1) is 10.5. The Morgan fingerprint density at radius 2 is 1.91 bits per heavy atom. The molecule has 116 valence electrons. The van der Waals surface area contributed by atoms with Gasteiger partial charge in [0.05, 0.1) is 6.04 Å². The number of nitrogens with zero attached hydrogens (tertiary/aromatic N) is 1. The second kappa shape index (κ2) is 5.62. The van der Waals surface area contributed by atoms with Crippen LogP contribution in [-0.2, 0) is 0 Å². The van der Waals surface area contributed by atoms with Gasteiger partial charge in [0.15, 0.2) is 0 Å². The van der Waals surface area contributed by atoms with Crippen molar-refractivity contribution < 1.29 is 14.4 Å². The maximum Gasteiger partial charge on any atom is 0.339 e. The normalized spacial score (nSPS) is 23.4. The van der Waals surface area contributed by atoms with Crippen LogP contribution >= 0.6 is 10.0 Å². The van der Waals surface area contributed by atoms with Crippen LogP contribution in [0.2, 0.25) is 0 Å². The number of hydrogen-bond acceptors (Lipinski definition) is 2. The fourth-order valence-electron chi connectivity index (χ4n) is 2.84. The zero-order chi connectivity index (χ0) is 15.7. The van der Waals surface area contributed by atoms with Crippen LogP contribution in [0.5, 0.6) is 0 Å². The van der Waals surface area contributed by atoms with Crippen molar-refractivity contribution in [2.45, 2.75) is 23.8 Å². The SMILES string of the molecule is NC(=O)N(O)C1C=C(S2(c3ccc(F)cc3)C=CC=C2)CC1. The zero-order valence-corrected chi connectivity index (χ0v) is 12.7. The lowest BCUT2D eigenvalue weighted by molar-refractivity contribution is -0.0608. The van der Waals surface area contributed by atoms with Gasteiger partial charge in [-0.15, -0.1) is 0 Å². The predicted molar refractivity (Wildman–Crippen MR) is 84.9 cm³/mol. The summed E-state index contributed by atoms with van der Waals surface area (Å²) in [6.45, 7) is 0. The molecule has 22 heavy (non-hydrogen) atoms. The van der Waals surface area contributed by atoms with E-state index in [4.69, 9.17) is 5.73 Å². The van der Waals surface area contributed by atoms with Crippen LogP contribution in [0, 0.1) is 5.82 Å². The van der Waals surface area contributed by atoms with Crippen molar-refractivity contribution in [1.29, 1.82) is 0 Å². The van der Waals surface area contributed by atoms with Crippen LogP contribution in [0.1, 0.15) is 12.8 Å². The van der Waals surface area contributed by atoms with E-state index in [0.717, 1.165) is 16.2 Å². The Bertz CT molecular complexity index is 670. The van der Waals surface area contributed by atoms with E-state index in [2.05, 4.69) is 10.8 Å².